The Labute approximate surface area is 214 Å². The van der Waals surface area contributed by atoms with Crippen LogP contribution in [0.25, 0.3) is 11.0 Å². The molecule has 1 saturated carbocycles. The van der Waals surface area contributed by atoms with Gasteiger partial charge in [0, 0.05) is 32.1 Å². The monoisotopic (exact) mass is 506 g/mol. The number of fused-ring (bicyclic) bond motifs is 1. The SMILES string of the molecule is COC(=O)c1cccc2oc(C(=O)Nc3ccc(C)cn3)c(NC(=O)C3CCC(C(=O)N(C)C)CC3)c12. The van der Waals surface area contributed by atoms with Crippen molar-refractivity contribution in [3.63, 3.8) is 0 Å². The molecule has 1 aromatic carbocycles. The molecule has 0 radical (unpaired) electrons. The van der Waals surface area contributed by atoms with Crippen LogP contribution in [0.1, 0.15) is 52.2 Å². The minimum Gasteiger partial charge on any atom is -0.465 e. The van der Waals surface area contributed by atoms with Crippen LogP contribution in [-0.4, -0.2) is 54.8 Å². The summed E-state index contributed by atoms with van der Waals surface area (Å²) in [7, 11) is 4.70. The van der Waals surface area contributed by atoms with Gasteiger partial charge in [-0.25, -0.2) is 9.78 Å². The third-order valence-electron chi connectivity index (χ3n) is 6.62. The number of rotatable bonds is 6. The molecule has 2 N–H and O–H groups in total. The molecule has 37 heavy (non-hydrogen) atoms. The first-order chi connectivity index (χ1) is 17.7. The molecule has 2 heterocycles. The molecule has 1 fully saturated rings. The van der Waals surface area contributed by atoms with Gasteiger partial charge in [-0.3, -0.25) is 14.4 Å². The molecule has 1 aliphatic rings. The van der Waals surface area contributed by atoms with Gasteiger partial charge in [-0.15, -0.1) is 0 Å². The van der Waals surface area contributed by atoms with E-state index in [1.807, 2.05) is 6.92 Å². The molecule has 0 spiro atoms. The van der Waals surface area contributed by atoms with Crippen molar-refractivity contribution in [3.8, 4) is 0 Å². The highest BCUT2D eigenvalue weighted by atomic mass is 16.5. The largest absolute Gasteiger partial charge is 0.465 e. The lowest BCUT2D eigenvalue weighted by Crippen LogP contribution is -2.35. The molecule has 4 rings (SSSR count). The molecule has 194 valence electrons. The number of anilines is 2. The van der Waals surface area contributed by atoms with Gasteiger partial charge in [0.2, 0.25) is 17.6 Å². The van der Waals surface area contributed by atoms with Crippen LogP contribution in [0.3, 0.4) is 0 Å². The van der Waals surface area contributed by atoms with Crippen molar-refractivity contribution < 1.29 is 28.3 Å². The Balaban J connectivity index is 1.65. The van der Waals surface area contributed by atoms with E-state index in [-0.39, 0.29) is 51.6 Å². The minimum absolute atomic E-state index is 0.0612. The predicted molar refractivity (Wildman–Crippen MR) is 137 cm³/mol. The van der Waals surface area contributed by atoms with Crippen molar-refractivity contribution in [1.82, 2.24) is 9.88 Å². The van der Waals surface area contributed by atoms with Gasteiger partial charge >= 0.3 is 5.97 Å². The molecule has 0 unspecified atom stereocenters. The number of hydrogen-bond acceptors (Lipinski definition) is 7. The maximum absolute atomic E-state index is 13.3. The fourth-order valence-electron chi connectivity index (χ4n) is 4.62. The van der Waals surface area contributed by atoms with E-state index in [0.29, 0.717) is 31.5 Å². The molecule has 0 atom stereocenters. The number of ether oxygens (including phenoxy) is 1. The molecular formula is C27H30N4O6. The fraction of sp³-hybridized carbons (Fsp3) is 0.370. The number of aromatic nitrogens is 1. The van der Waals surface area contributed by atoms with Crippen LogP contribution >= 0.6 is 0 Å². The number of hydrogen-bond donors (Lipinski definition) is 2. The van der Waals surface area contributed by atoms with Crippen LogP contribution in [0.5, 0.6) is 0 Å². The summed E-state index contributed by atoms with van der Waals surface area (Å²) >= 11 is 0. The molecular weight excluding hydrogens is 476 g/mol. The van der Waals surface area contributed by atoms with Gasteiger partial charge in [0.25, 0.3) is 5.91 Å². The van der Waals surface area contributed by atoms with E-state index in [2.05, 4.69) is 15.6 Å². The van der Waals surface area contributed by atoms with Crippen LogP contribution < -0.4 is 10.6 Å². The van der Waals surface area contributed by atoms with Crippen LogP contribution in [0.2, 0.25) is 0 Å². The van der Waals surface area contributed by atoms with Gasteiger partial charge in [0.1, 0.15) is 17.1 Å². The average Bonchev–Trinajstić information content (AvgIpc) is 3.27. The summed E-state index contributed by atoms with van der Waals surface area (Å²) < 4.78 is 10.8. The first-order valence-corrected chi connectivity index (χ1v) is 12.1. The van der Waals surface area contributed by atoms with E-state index in [0.717, 1.165) is 5.56 Å². The smallest absolute Gasteiger partial charge is 0.338 e. The maximum atomic E-state index is 13.3. The standard InChI is InChI=1S/C27H30N4O6/c1-15-8-13-20(28-14-15)29-25(33)23-22(21-18(27(35)36-4)6-5-7-19(21)37-23)30-24(32)16-9-11-17(12-10-16)26(34)31(2)3/h5-8,13-14,16-17H,9-12H2,1-4H3,(H,30,32)(H,28,29,33). The Morgan fingerprint density at radius 3 is 2.32 bits per heavy atom. The number of benzene rings is 1. The number of nitrogens with one attached hydrogen (secondary N) is 2. The first-order valence-electron chi connectivity index (χ1n) is 12.1. The molecule has 0 saturated heterocycles. The van der Waals surface area contributed by atoms with Crippen molar-refractivity contribution in [2.45, 2.75) is 32.6 Å². The second kappa shape index (κ2) is 10.8. The highest BCUT2D eigenvalue weighted by Gasteiger charge is 2.33. The topological polar surface area (TPSA) is 131 Å². The predicted octanol–water partition coefficient (Wildman–Crippen LogP) is 4.01. The van der Waals surface area contributed by atoms with Crippen molar-refractivity contribution in [1.29, 1.82) is 0 Å². The van der Waals surface area contributed by atoms with Crippen molar-refractivity contribution >= 4 is 46.2 Å². The molecule has 0 aliphatic heterocycles. The lowest BCUT2D eigenvalue weighted by molar-refractivity contribution is -0.135. The number of nitrogens with zero attached hydrogens (tertiary/aromatic N) is 2. The normalized spacial score (nSPS) is 17.2. The van der Waals surface area contributed by atoms with Gasteiger partial charge in [0.05, 0.1) is 18.1 Å². The zero-order valence-electron chi connectivity index (χ0n) is 21.3. The van der Waals surface area contributed by atoms with Gasteiger partial charge < -0.3 is 24.7 Å². The molecule has 10 heteroatoms. The summed E-state index contributed by atoms with van der Waals surface area (Å²) in [4.78, 5) is 57.1. The molecule has 2 aromatic heterocycles. The van der Waals surface area contributed by atoms with Gasteiger partial charge in [0.15, 0.2) is 0 Å². The van der Waals surface area contributed by atoms with E-state index in [9.17, 15) is 19.2 Å². The number of amides is 3. The number of pyridine rings is 1. The number of carbonyl (C=O) groups is 4. The number of aryl methyl sites for hydroxylation is 1. The number of furan rings is 1. The van der Waals surface area contributed by atoms with Crippen LogP contribution in [0.15, 0.2) is 40.9 Å². The summed E-state index contributed by atoms with van der Waals surface area (Å²) in [6.45, 7) is 1.88. The van der Waals surface area contributed by atoms with E-state index >= 15 is 0 Å². The molecule has 3 amide bonds. The number of methoxy groups -OCH3 is 1. The summed E-state index contributed by atoms with van der Waals surface area (Å²) in [6, 6.07) is 8.21. The molecule has 10 nitrogen and oxygen atoms in total. The summed E-state index contributed by atoms with van der Waals surface area (Å²) in [5.41, 5.74) is 1.43. The van der Waals surface area contributed by atoms with Gasteiger partial charge in [-0.05, 0) is 56.4 Å². The van der Waals surface area contributed by atoms with Crippen LogP contribution in [0.4, 0.5) is 11.5 Å². The number of carbonyl (C=O) groups excluding carboxylic acids is 4. The summed E-state index contributed by atoms with van der Waals surface area (Å²) in [5.74, 6) is -1.80. The molecule has 1 aliphatic carbocycles. The van der Waals surface area contributed by atoms with E-state index in [1.165, 1.54) is 7.11 Å². The Morgan fingerprint density at radius 2 is 1.70 bits per heavy atom. The third-order valence-corrected chi connectivity index (χ3v) is 6.62. The molecule has 3 aromatic rings. The van der Waals surface area contributed by atoms with Crippen LogP contribution in [0, 0.1) is 18.8 Å². The van der Waals surface area contributed by atoms with Crippen molar-refractivity contribution in [3.05, 3.63) is 53.4 Å². The van der Waals surface area contributed by atoms with E-state index < -0.39 is 11.9 Å². The number of esters is 1. The Kier molecular flexibility index (Phi) is 7.56. The lowest BCUT2D eigenvalue weighted by atomic mass is 9.81. The Hall–Kier alpha value is -4.21. The lowest BCUT2D eigenvalue weighted by Gasteiger charge is -2.28. The van der Waals surface area contributed by atoms with Gasteiger partial charge in [-0.2, -0.15) is 0 Å². The van der Waals surface area contributed by atoms with Crippen molar-refractivity contribution in [2.24, 2.45) is 11.8 Å². The fourth-order valence-corrected chi connectivity index (χ4v) is 4.62. The highest BCUT2D eigenvalue weighted by molar-refractivity contribution is 6.18. The molecule has 0 bridgehead atoms. The summed E-state index contributed by atoms with van der Waals surface area (Å²) in [6.07, 6.45) is 3.88. The second-order valence-electron chi connectivity index (χ2n) is 9.42. The average molecular weight is 507 g/mol. The third kappa shape index (κ3) is 5.47. The first kappa shape index (κ1) is 25.9. The minimum atomic E-state index is -0.628. The van der Waals surface area contributed by atoms with Gasteiger partial charge in [-0.1, -0.05) is 12.1 Å². The quantitative estimate of drug-likeness (QED) is 0.483. The Bertz CT molecular complexity index is 1340. The van der Waals surface area contributed by atoms with Crippen molar-refractivity contribution in [2.75, 3.05) is 31.8 Å². The van der Waals surface area contributed by atoms with Crippen LogP contribution in [-0.2, 0) is 14.3 Å². The van der Waals surface area contributed by atoms with E-state index in [1.54, 1.807) is 55.5 Å². The summed E-state index contributed by atoms with van der Waals surface area (Å²) in [5, 5.41) is 5.80. The maximum Gasteiger partial charge on any atom is 0.338 e. The Morgan fingerprint density at radius 1 is 1.00 bits per heavy atom. The zero-order valence-corrected chi connectivity index (χ0v) is 21.3. The highest BCUT2D eigenvalue weighted by Crippen LogP contribution is 2.36. The zero-order chi connectivity index (χ0) is 26.7. The van der Waals surface area contributed by atoms with E-state index in [4.69, 9.17) is 9.15 Å². The second-order valence-corrected chi connectivity index (χ2v) is 9.42.